The van der Waals surface area contributed by atoms with Crippen molar-refractivity contribution in [2.45, 2.75) is 12.8 Å². The number of aromatic nitrogens is 1. The minimum atomic E-state index is -0.418. The van der Waals surface area contributed by atoms with Crippen LogP contribution in [0.2, 0.25) is 0 Å². The van der Waals surface area contributed by atoms with E-state index < -0.39 is 5.97 Å². The van der Waals surface area contributed by atoms with Gasteiger partial charge >= 0.3 is 5.97 Å². The standard InChI is InChI=1S/C21H20FN3O3S/c1-28-20(27)13-7-9-15(10-8-13)23-19(26)14-4-3-11-25(12-14)21-24-18-16(22)5-2-6-17(18)29-21/h2,5-10,14H,3-4,11-12H2,1H3,(H,23,26). The molecule has 2 heterocycles. The molecule has 1 fully saturated rings. The van der Waals surface area contributed by atoms with Crippen molar-refractivity contribution in [1.82, 2.24) is 4.98 Å². The van der Waals surface area contributed by atoms with Gasteiger partial charge in [0, 0.05) is 18.8 Å². The van der Waals surface area contributed by atoms with Crippen LogP contribution in [0.3, 0.4) is 0 Å². The number of carbonyl (C=O) groups excluding carboxylic acids is 2. The lowest BCUT2D eigenvalue weighted by Gasteiger charge is -2.31. The van der Waals surface area contributed by atoms with E-state index in [1.165, 1.54) is 24.5 Å². The number of thiazole rings is 1. The maximum absolute atomic E-state index is 13.9. The summed E-state index contributed by atoms with van der Waals surface area (Å²) in [4.78, 5) is 30.7. The Morgan fingerprint density at radius 3 is 2.76 bits per heavy atom. The summed E-state index contributed by atoms with van der Waals surface area (Å²) < 4.78 is 19.4. The molecule has 2 aromatic carbocycles. The number of nitrogens with one attached hydrogen (secondary N) is 1. The van der Waals surface area contributed by atoms with Crippen molar-refractivity contribution in [2.24, 2.45) is 5.92 Å². The van der Waals surface area contributed by atoms with E-state index in [1.807, 2.05) is 6.07 Å². The molecule has 6 nitrogen and oxygen atoms in total. The number of anilines is 2. The number of para-hydroxylation sites is 1. The Kier molecular flexibility index (Phi) is 5.44. The molecule has 1 saturated heterocycles. The molecule has 0 aliphatic carbocycles. The minimum Gasteiger partial charge on any atom is -0.465 e. The molecule has 150 valence electrons. The van der Waals surface area contributed by atoms with Crippen molar-refractivity contribution in [3.8, 4) is 0 Å². The average molecular weight is 413 g/mol. The first kappa shape index (κ1) is 19.3. The van der Waals surface area contributed by atoms with Gasteiger partial charge in [-0.15, -0.1) is 0 Å². The zero-order valence-corrected chi connectivity index (χ0v) is 16.7. The fourth-order valence-electron chi connectivity index (χ4n) is 3.46. The zero-order valence-electron chi connectivity index (χ0n) is 15.9. The number of carbonyl (C=O) groups is 2. The van der Waals surface area contributed by atoms with E-state index in [0.717, 1.165) is 29.2 Å². The molecule has 1 N–H and O–H groups in total. The number of esters is 1. The average Bonchev–Trinajstić information content (AvgIpc) is 3.20. The second kappa shape index (κ2) is 8.16. The molecule has 1 amide bonds. The lowest BCUT2D eigenvalue weighted by atomic mass is 9.97. The smallest absolute Gasteiger partial charge is 0.337 e. The van der Waals surface area contributed by atoms with Crippen LogP contribution in [0.25, 0.3) is 10.2 Å². The van der Waals surface area contributed by atoms with Gasteiger partial charge < -0.3 is 15.0 Å². The Hall–Kier alpha value is -3.00. The number of hydrogen-bond donors (Lipinski definition) is 1. The Morgan fingerprint density at radius 1 is 1.24 bits per heavy atom. The number of amides is 1. The van der Waals surface area contributed by atoms with Crippen LogP contribution in [-0.4, -0.2) is 37.1 Å². The summed E-state index contributed by atoms with van der Waals surface area (Å²) in [6, 6.07) is 11.5. The maximum Gasteiger partial charge on any atom is 0.337 e. The molecule has 1 atom stereocenters. The number of benzene rings is 2. The van der Waals surface area contributed by atoms with Gasteiger partial charge in [-0.1, -0.05) is 17.4 Å². The zero-order chi connectivity index (χ0) is 20.4. The second-order valence-corrected chi connectivity index (χ2v) is 7.94. The number of fused-ring (bicyclic) bond motifs is 1. The Labute approximate surface area is 171 Å². The molecule has 1 aliphatic rings. The predicted molar refractivity (Wildman–Crippen MR) is 111 cm³/mol. The third kappa shape index (κ3) is 4.07. The summed E-state index contributed by atoms with van der Waals surface area (Å²) >= 11 is 1.44. The third-order valence-electron chi connectivity index (χ3n) is 4.99. The highest BCUT2D eigenvalue weighted by atomic mass is 32.1. The molecular weight excluding hydrogens is 393 g/mol. The number of hydrogen-bond acceptors (Lipinski definition) is 6. The molecule has 8 heteroatoms. The lowest BCUT2D eigenvalue weighted by Crippen LogP contribution is -2.40. The van der Waals surface area contributed by atoms with Gasteiger partial charge in [0.2, 0.25) is 5.91 Å². The first-order valence-corrected chi connectivity index (χ1v) is 10.2. The second-order valence-electron chi connectivity index (χ2n) is 6.93. The molecule has 0 radical (unpaired) electrons. The van der Waals surface area contributed by atoms with Gasteiger partial charge in [-0.3, -0.25) is 4.79 Å². The Morgan fingerprint density at radius 2 is 2.03 bits per heavy atom. The highest BCUT2D eigenvalue weighted by Crippen LogP contribution is 2.32. The van der Waals surface area contributed by atoms with Crippen LogP contribution in [0, 0.1) is 11.7 Å². The molecule has 1 aromatic heterocycles. The molecule has 1 aliphatic heterocycles. The fraction of sp³-hybridized carbons (Fsp3) is 0.286. The first-order valence-electron chi connectivity index (χ1n) is 9.34. The van der Waals surface area contributed by atoms with Crippen LogP contribution < -0.4 is 10.2 Å². The number of piperidine rings is 1. The van der Waals surface area contributed by atoms with Crippen molar-refractivity contribution in [3.63, 3.8) is 0 Å². The monoisotopic (exact) mass is 413 g/mol. The van der Waals surface area contributed by atoms with E-state index in [-0.39, 0.29) is 17.6 Å². The lowest BCUT2D eigenvalue weighted by molar-refractivity contribution is -0.120. The molecule has 3 aromatic rings. The van der Waals surface area contributed by atoms with Gasteiger partial charge in [0.05, 0.1) is 23.3 Å². The highest BCUT2D eigenvalue weighted by molar-refractivity contribution is 7.22. The maximum atomic E-state index is 13.9. The molecule has 0 bridgehead atoms. The van der Waals surface area contributed by atoms with Crippen molar-refractivity contribution in [3.05, 3.63) is 53.8 Å². The van der Waals surface area contributed by atoms with Crippen LogP contribution in [0.1, 0.15) is 23.2 Å². The van der Waals surface area contributed by atoms with E-state index in [1.54, 1.807) is 30.3 Å². The van der Waals surface area contributed by atoms with Gasteiger partial charge in [-0.05, 0) is 49.2 Å². The quantitative estimate of drug-likeness (QED) is 0.653. The van der Waals surface area contributed by atoms with E-state index >= 15 is 0 Å². The molecule has 29 heavy (non-hydrogen) atoms. The largest absolute Gasteiger partial charge is 0.465 e. The molecule has 0 saturated carbocycles. The van der Waals surface area contributed by atoms with Gasteiger partial charge in [-0.2, -0.15) is 0 Å². The molecule has 4 rings (SSSR count). The number of nitrogens with zero attached hydrogens (tertiary/aromatic N) is 2. The SMILES string of the molecule is COC(=O)c1ccc(NC(=O)C2CCCN(c3nc4c(F)cccc4s3)C2)cc1. The number of ether oxygens (including phenoxy) is 1. The van der Waals surface area contributed by atoms with E-state index in [2.05, 4.69) is 19.9 Å². The van der Waals surface area contributed by atoms with E-state index in [0.29, 0.717) is 23.3 Å². The summed E-state index contributed by atoms with van der Waals surface area (Å²) in [6.07, 6.45) is 1.64. The van der Waals surface area contributed by atoms with Crippen LogP contribution in [0.4, 0.5) is 15.2 Å². The van der Waals surface area contributed by atoms with Crippen molar-refractivity contribution in [2.75, 3.05) is 30.4 Å². The summed E-state index contributed by atoms with van der Waals surface area (Å²) in [7, 11) is 1.33. The topological polar surface area (TPSA) is 71.5 Å². The Balaban J connectivity index is 1.44. The molecule has 1 unspecified atom stereocenters. The molecular formula is C21H20FN3O3S. The first-order chi connectivity index (χ1) is 14.0. The predicted octanol–water partition coefficient (Wildman–Crippen LogP) is 4.08. The number of rotatable bonds is 4. The van der Waals surface area contributed by atoms with Gasteiger partial charge in [0.25, 0.3) is 0 Å². The van der Waals surface area contributed by atoms with Crippen LogP contribution in [0.5, 0.6) is 0 Å². The summed E-state index contributed by atoms with van der Waals surface area (Å²) in [6.45, 7) is 1.33. The van der Waals surface area contributed by atoms with Gasteiger partial charge in [0.1, 0.15) is 11.3 Å². The summed E-state index contributed by atoms with van der Waals surface area (Å²) in [5.41, 5.74) is 1.43. The fourth-order valence-corrected chi connectivity index (χ4v) is 4.47. The summed E-state index contributed by atoms with van der Waals surface area (Å²) in [5.74, 6) is -1.02. The van der Waals surface area contributed by atoms with Crippen LogP contribution in [0.15, 0.2) is 42.5 Å². The van der Waals surface area contributed by atoms with Crippen LogP contribution in [-0.2, 0) is 9.53 Å². The Bertz CT molecular complexity index is 1050. The highest BCUT2D eigenvalue weighted by Gasteiger charge is 2.28. The van der Waals surface area contributed by atoms with E-state index in [4.69, 9.17) is 0 Å². The molecule has 0 spiro atoms. The van der Waals surface area contributed by atoms with Gasteiger partial charge in [0.15, 0.2) is 5.13 Å². The normalized spacial score (nSPS) is 16.6. The minimum absolute atomic E-state index is 0.0761. The number of methoxy groups -OCH3 is 1. The van der Waals surface area contributed by atoms with Crippen LogP contribution >= 0.6 is 11.3 Å². The van der Waals surface area contributed by atoms with Crippen molar-refractivity contribution in [1.29, 1.82) is 0 Å². The third-order valence-corrected chi connectivity index (χ3v) is 6.08. The van der Waals surface area contributed by atoms with E-state index in [9.17, 15) is 14.0 Å². The summed E-state index contributed by atoms with van der Waals surface area (Å²) in [5, 5.41) is 3.65. The van der Waals surface area contributed by atoms with Gasteiger partial charge in [-0.25, -0.2) is 14.2 Å². The number of halogens is 1. The van der Waals surface area contributed by atoms with Crippen molar-refractivity contribution < 1.29 is 18.7 Å². The van der Waals surface area contributed by atoms with Crippen molar-refractivity contribution >= 4 is 44.2 Å².